The summed E-state index contributed by atoms with van der Waals surface area (Å²) in [5.41, 5.74) is 1.55. The number of hydrogen-bond donors (Lipinski definition) is 0. The lowest BCUT2D eigenvalue weighted by Crippen LogP contribution is -2.48. The second kappa shape index (κ2) is 9.11. The van der Waals surface area contributed by atoms with Gasteiger partial charge in [0.05, 0.1) is 6.04 Å². The fraction of sp³-hybridized carbons (Fsp3) is 0.364. The Hall–Kier alpha value is -3.49. The fourth-order valence-electron chi connectivity index (χ4n) is 3.58. The molecule has 0 spiro atoms. The lowest BCUT2D eigenvalue weighted by Gasteiger charge is -2.36. The first-order valence-corrected chi connectivity index (χ1v) is 10.3. The summed E-state index contributed by atoms with van der Waals surface area (Å²) in [4.78, 5) is 17.0. The van der Waals surface area contributed by atoms with Gasteiger partial charge in [0, 0.05) is 37.4 Å². The average Bonchev–Trinajstić information content (AvgIpc) is 3.27. The van der Waals surface area contributed by atoms with Crippen LogP contribution in [-0.2, 0) is 6.61 Å². The molecule has 8 nitrogen and oxygen atoms in total. The number of piperazine rings is 1. The van der Waals surface area contributed by atoms with E-state index in [0.717, 1.165) is 5.69 Å². The summed E-state index contributed by atoms with van der Waals surface area (Å²) in [6, 6.07) is 13.7. The van der Waals surface area contributed by atoms with E-state index in [-0.39, 0.29) is 24.4 Å². The molecule has 0 aliphatic carbocycles. The molecule has 0 N–H and O–H groups in total. The average molecular weight is 424 g/mol. The van der Waals surface area contributed by atoms with Crippen molar-refractivity contribution in [3.8, 4) is 5.75 Å². The number of ether oxygens (including phenoxy) is 1. The van der Waals surface area contributed by atoms with Gasteiger partial charge in [-0.05, 0) is 66.7 Å². The van der Waals surface area contributed by atoms with E-state index < -0.39 is 0 Å². The maximum Gasteiger partial charge on any atom is 0.254 e. The van der Waals surface area contributed by atoms with Crippen LogP contribution >= 0.6 is 0 Å². The lowest BCUT2D eigenvalue weighted by molar-refractivity contribution is 0.0746. The van der Waals surface area contributed by atoms with Crippen LogP contribution in [0.2, 0.25) is 0 Å². The molecule has 0 unspecified atom stereocenters. The molecule has 1 fully saturated rings. The van der Waals surface area contributed by atoms with Crippen molar-refractivity contribution in [3.63, 3.8) is 0 Å². The minimum atomic E-state index is -0.250. The molecule has 2 heterocycles. The largest absolute Gasteiger partial charge is 0.486 e. The van der Waals surface area contributed by atoms with Crippen molar-refractivity contribution in [2.24, 2.45) is 0 Å². The summed E-state index contributed by atoms with van der Waals surface area (Å²) < 4.78 is 20.7. The van der Waals surface area contributed by atoms with Gasteiger partial charge in [-0.15, -0.1) is 5.10 Å². The van der Waals surface area contributed by atoms with E-state index in [4.69, 9.17) is 4.74 Å². The Morgan fingerprint density at radius 1 is 1.10 bits per heavy atom. The third kappa shape index (κ3) is 4.82. The van der Waals surface area contributed by atoms with E-state index in [1.165, 1.54) is 12.1 Å². The zero-order valence-electron chi connectivity index (χ0n) is 17.6. The Morgan fingerprint density at radius 2 is 1.84 bits per heavy atom. The number of tetrazole rings is 1. The highest BCUT2D eigenvalue weighted by molar-refractivity contribution is 5.94. The van der Waals surface area contributed by atoms with Gasteiger partial charge in [0.15, 0.2) is 5.82 Å². The summed E-state index contributed by atoms with van der Waals surface area (Å²) in [7, 11) is 0. The van der Waals surface area contributed by atoms with E-state index in [2.05, 4.69) is 20.4 Å². The van der Waals surface area contributed by atoms with E-state index in [1.807, 2.05) is 30.9 Å². The SMILES string of the molecule is CC(C)n1nnnc1COc1cccc(C(=O)N2CCN(c3ccc(F)cc3)CC2)c1. The van der Waals surface area contributed by atoms with Gasteiger partial charge in [-0.25, -0.2) is 9.07 Å². The van der Waals surface area contributed by atoms with Crippen molar-refractivity contribution in [2.75, 3.05) is 31.1 Å². The van der Waals surface area contributed by atoms with Crippen molar-refractivity contribution in [2.45, 2.75) is 26.5 Å². The van der Waals surface area contributed by atoms with E-state index in [1.54, 1.807) is 28.9 Å². The fourth-order valence-corrected chi connectivity index (χ4v) is 3.58. The van der Waals surface area contributed by atoms with Crippen LogP contribution in [-0.4, -0.2) is 57.2 Å². The van der Waals surface area contributed by atoms with Gasteiger partial charge in [-0.2, -0.15) is 0 Å². The molecule has 1 aliphatic heterocycles. The van der Waals surface area contributed by atoms with Crippen LogP contribution in [0.25, 0.3) is 0 Å². The van der Waals surface area contributed by atoms with Gasteiger partial charge in [-0.1, -0.05) is 6.07 Å². The van der Waals surface area contributed by atoms with Crippen LogP contribution in [0.5, 0.6) is 5.75 Å². The number of halogens is 1. The summed E-state index contributed by atoms with van der Waals surface area (Å²) in [5, 5.41) is 11.7. The zero-order valence-corrected chi connectivity index (χ0v) is 17.6. The van der Waals surface area contributed by atoms with Crippen LogP contribution in [0.3, 0.4) is 0 Å². The van der Waals surface area contributed by atoms with Crippen molar-refractivity contribution in [1.29, 1.82) is 0 Å². The van der Waals surface area contributed by atoms with E-state index in [0.29, 0.717) is 43.3 Å². The third-order valence-corrected chi connectivity index (χ3v) is 5.26. The molecule has 1 aliphatic rings. The molecular weight excluding hydrogens is 399 g/mol. The van der Waals surface area contributed by atoms with Gasteiger partial charge in [-0.3, -0.25) is 4.79 Å². The first-order chi connectivity index (χ1) is 15.0. The molecule has 0 saturated carbocycles. The molecule has 3 aromatic rings. The quantitative estimate of drug-likeness (QED) is 0.606. The lowest BCUT2D eigenvalue weighted by atomic mass is 10.1. The van der Waals surface area contributed by atoms with Crippen molar-refractivity contribution >= 4 is 11.6 Å². The molecule has 0 bridgehead atoms. The minimum absolute atomic E-state index is 0.0313. The van der Waals surface area contributed by atoms with Crippen molar-refractivity contribution < 1.29 is 13.9 Å². The van der Waals surface area contributed by atoms with E-state index >= 15 is 0 Å². The van der Waals surface area contributed by atoms with Crippen molar-refractivity contribution in [1.82, 2.24) is 25.1 Å². The number of aromatic nitrogens is 4. The predicted octanol–water partition coefficient (Wildman–Crippen LogP) is 2.93. The number of nitrogens with zero attached hydrogens (tertiary/aromatic N) is 6. The number of hydrogen-bond acceptors (Lipinski definition) is 6. The van der Waals surface area contributed by atoms with Crippen LogP contribution in [0, 0.1) is 5.82 Å². The topological polar surface area (TPSA) is 76.4 Å². The first-order valence-electron chi connectivity index (χ1n) is 10.3. The van der Waals surface area contributed by atoms with E-state index in [9.17, 15) is 9.18 Å². The molecule has 9 heteroatoms. The Kier molecular flexibility index (Phi) is 6.11. The van der Waals surface area contributed by atoms with Crippen LogP contribution in [0.15, 0.2) is 48.5 Å². The Balaban J connectivity index is 1.36. The van der Waals surface area contributed by atoms with Gasteiger partial charge >= 0.3 is 0 Å². The molecule has 2 aromatic carbocycles. The second-order valence-electron chi connectivity index (χ2n) is 7.71. The predicted molar refractivity (Wildman–Crippen MR) is 113 cm³/mol. The molecular formula is C22H25FN6O2. The summed E-state index contributed by atoms with van der Waals surface area (Å²) in [6.45, 7) is 6.81. The molecule has 31 heavy (non-hydrogen) atoms. The normalized spacial score (nSPS) is 14.2. The Labute approximate surface area is 180 Å². The molecule has 1 saturated heterocycles. The number of amides is 1. The van der Waals surface area contributed by atoms with Gasteiger partial charge < -0.3 is 14.5 Å². The van der Waals surface area contributed by atoms with Crippen LogP contribution in [0.1, 0.15) is 36.1 Å². The second-order valence-corrected chi connectivity index (χ2v) is 7.71. The van der Waals surface area contributed by atoms with Crippen LogP contribution in [0.4, 0.5) is 10.1 Å². The molecule has 0 atom stereocenters. The smallest absolute Gasteiger partial charge is 0.254 e. The van der Waals surface area contributed by atoms with Crippen molar-refractivity contribution in [3.05, 3.63) is 65.7 Å². The number of carbonyl (C=O) groups is 1. The monoisotopic (exact) mass is 424 g/mol. The number of anilines is 1. The summed E-state index contributed by atoms with van der Waals surface area (Å²) in [5.74, 6) is 0.939. The maximum absolute atomic E-state index is 13.1. The highest BCUT2D eigenvalue weighted by atomic mass is 19.1. The number of benzene rings is 2. The van der Waals surface area contributed by atoms with Crippen LogP contribution < -0.4 is 9.64 Å². The summed E-state index contributed by atoms with van der Waals surface area (Å²) in [6.07, 6.45) is 0. The highest BCUT2D eigenvalue weighted by Gasteiger charge is 2.22. The molecule has 1 amide bonds. The molecule has 162 valence electrons. The third-order valence-electron chi connectivity index (χ3n) is 5.26. The van der Waals surface area contributed by atoms with Gasteiger partial charge in [0.25, 0.3) is 5.91 Å². The highest BCUT2D eigenvalue weighted by Crippen LogP contribution is 2.20. The minimum Gasteiger partial charge on any atom is -0.486 e. The van der Waals surface area contributed by atoms with Gasteiger partial charge in [0.1, 0.15) is 18.2 Å². The number of carbonyl (C=O) groups excluding carboxylic acids is 1. The van der Waals surface area contributed by atoms with Gasteiger partial charge in [0.2, 0.25) is 0 Å². The number of rotatable bonds is 6. The first kappa shape index (κ1) is 20.8. The Morgan fingerprint density at radius 3 is 2.55 bits per heavy atom. The molecule has 4 rings (SSSR count). The molecule has 1 aromatic heterocycles. The molecule has 0 radical (unpaired) electrons. The Bertz CT molecular complexity index is 1030. The standard InChI is InChI=1S/C22H25FN6O2/c1-16(2)29-21(24-25-26-29)15-31-20-5-3-4-17(14-20)22(30)28-12-10-27(11-13-28)19-8-6-18(23)7-9-19/h3-9,14,16H,10-13,15H2,1-2H3. The zero-order chi connectivity index (χ0) is 21.8. The maximum atomic E-state index is 13.1. The summed E-state index contributed by atoms with van der Waals surface area (Å²) >= 11 is 0.